The van der Waals surface area contributed by atoms with Crippen LogP contribution in [0.5, 0.6) is 0 Å². The van der Waals surface area contributed by atoms with Crippen LogP contribution in [0, 0.1) is 0 Å². The molecule has 0 amide bonds. The van der Waals surface area contributed by atoms with Crippen molar-refractivity contribution in [2.75, 3.05) is 19.7 Å². The number of carbonyl (C=O) groups is 1. The molecule has 0 spiro atoms. The van der Waals surface area contributed by atoms with Crippen molar-refractivity contribution in [3.8, 4) is 0 Å². The summed E-state index contributed by atoms with van der Waals surface area (Å²) in [4.78, 5) is 12.9. The highest BCUT2D eigenvalue weighted by Gasteiger charge is 2.20. The monoisotopic (exact) mass is 295 g/mol. The largest absolute Gasteiger partial charge is 0.481 e. The van der Waals surface area contributed by atoms with Gasteiger partial charge < -0.3 is 9.84 Å². The Balaban J connectivity index is 1.69. The lowest BCUT2D eigenvalue weighted by molar-refractivity contribution is -0.138. The topological polar surface area (TPSA) is 67.6 Å². The number of ether oxygens (including phenoxy) is 1. The van der Waals surface area contributed by atoms with Crippen LogP contribution < -0.4 is 0 Å². The molecule has 0 aliphatic carbocycles. The minimum atomic E-state index is -0.797. The molecule has 1 fully saturated rings. The maximum Gasteiger partial charge on any atom is 0.305 e. The molecule has 0 bridgehead atoms. The van der Waals surface area contributed by atoms with E-state index >= 15 is 0 Å². The lowest BCUT2D eigenvalue weighted by atomic mass is 10.1. The van der Waals surface area contributed by atoms with Crippen LogP contribution >= 0.6 is 0 Å². The number of hydrogen-bond donors (Lipinski definition) is 1. The van der Waals surface area contributed by atoms with Gasteiger partial charge >= 0.3 is 5.97 Å². The minimum Gasteiger partial charge on any atom is -0.481 e. The van der Waals surface area contributed by atoms with E-state index in [-0.39, 0.29) is 12.5 Å². The van der Waals surface area contributed by atoms with Gasteiger partial charge in [-0.2, -0.15) is 5.10 Å². The number of piperidine rings is 1. The molecule has 2 heterocycles. The van der Waals surface area contributed by atoms with E-state index in [9.17, 15) is 4.79 Å². The van der Waals surface area contributed by atoms with E-state index in [0.29, 0.717) is 12.6 Å². The van der Waals surface area contributed by atoms with Gasteiger partial charge in [0.2, 0.25) is 0 Å². The number of hydrogen-bond acceptors (Lipinski definition) is 4. The lowest BCUT2D eigenvalue weighted by Crippen LogP contribution is -2.36. The Hall–Kier alpha value is -1.40. The lowest BCUT2D eigenvalue weighted by Gasteiger charge is -2.31. The summed E-state index contributed by atoms with van der Waals surface area (Å²) in [5.74, 6) is -0.797. The molecule has 1 N–H and O–H groups in total. The molecule has 0 aromatic carbocycles. The summed E-state index contributed by atoms with van der Waals surface area (Å²) >= 11 is 0. The first-order valence-corrected chi connectivity index (χ1v) is 7.63. The Bertz CT molecular complexity index is 451. The fourth-order valence-electron chi connectivity index (χ4n) is 2.55. The van der Waals surface area contributed by atoms with Crippen molar-refractivity contribution >= 4 is 5.97 Å². The Labute approximate surface area is 125 Å². The normalized spacial score (nSPS) is 17.5. The van der Waals surface area contributed by atoms with Gasteiger partial charge in [-0.1, -0.05) is 0 Å². The predicted octanol–water partition coefficient (Wildman–Crippen LogP) is 1.92. The summed E-state index contributed by atoms with van der Waals surface area (Å²) in [5, 5.41) is 13.0. The first-order valence-electron chi connectivity index (χ1n) is 7.63. The van der Waals surface area contributed by atoms with Crippen LogP contribution in [0.3, 0.4) is 0 Å². The highest BCUT2D eigenvalue weighted by Crippen LogP contribution is 2.17. The molecule has 1 saturated heterocycles. The van der Waals surface area contributed by atoms with Gasteiger partial charge in [0.1, 0.15) is 0 Å². The molecular formula is C15H25N3O3. The second-order valence-corrected chi connectivity index (χ2v) is 5.91. The number of carboxylic acids is 1. The van der Waals surface area contributed by atoms with Gasteiger partial charge in [-0.3, -0.25) is 14.4 Å². The quantitative estimate of drug-likeness (QED) is 0.832. The Morgan fingerprint density at radius 1 is 1.48 bits per heavy atom. The van der Waals surface area contributed by atoms with Gasteiger partial charge in [-0.05, 0) is 26.7 Å². The second kappa shape index (κ2) is 7.56. The fraction of sp³-hybridized carbons (Fsp3) is 0.733. The summed E-state index contributed by atoms with van der Waals surface area (Å²) in [6, 6.07) is 0.395. The zero-order chi connectivity index (χ0) is 15.2. The fourth-order valence-corrected chi connectivity index (χ4v) is 2.55. The highest BCUT2D eigenvalue weighted by molar-refractivity contribution is 5.66. The molecule has 0 unspecified atom stereocenters. The molecule has 118 valence electrons. The summed E-state index contributed by atoms with van der Waals surface area (Å²) < 4.78 is 7.59. The van der Waals surface area contributed by atoms with Crippen LogP contribution in [-0.4, -0.2) is 51.6 Å². The predicted molar refractivity (Wildman–Crippen MR) is 79.1 cm³/mol. The highest BCUT2D eigenvalue weighted by atomic mass is 16.5. The van der Waals surface area contributed by atoms with E-state index < -0.39 is 5.97 Å². The molecule has 21 heavy (non-hydrogen) atoms. The second-order valence-electron chi connectivity index (χ2n) is 5.91. The molecule has 2 rings (SSSR count). The van der Waals surface area contributed by atoms with Gasteiger partial charge in [-0.25, -0.2) is 0 Å². The molecule has 0 atom stereocenters. The Morgan fingerprint density at radius 2 is 2.19 bits per heavy atom. The van der Waals surface area contributed by atoms with Crippen molar-refractivity contribution in [2.24, 2.45) is 0 Å². The number of rotatable bonds is 7. The molecule has 0 radical (unpaired) electrons. The van der Waals surface area contributed by atoms with E-state index in [0.717, 1.165) is 32.5 Å². The first-order chi connectivity index (χ1) is 10.0. The van der Waals surface area contributed by atoms with Gasteiger partial charge in [0.15, 0.2) is 0 Å². The standard InChI is InChI=1S/C15H25N3O3/c1-12(2)18-11-13(9-16-18)10-17-6-3-14(4-7-17)21-8-5-15(19)20/h9,11-12,14H,3-8,10H2,1-2H3,(H,19,20). The van der Waals surface area contributed by atoms with E-state index in [1.54, 1.807) is 0 Å². The maximum absolute atomic E-state index is 10.4. The van der Waals surface area contributed by atoms with E-state index in [2.05, 4.69) is 30.0 Å². The van der Waals surface area contributed by atoms with E-state index in [1.165, 1.54) is 5.56 Å². The maximum atomic E-state index is 10.4. The van der Waals surface area contributed by atoms with Crippen LogP contribution in [0.15, 0.2) is 12.4 Å². The molecule has 1 aromatic rings. The molecule has 6 heteroatoms. The zero-order valence-electron chi connectivity index (χ0n) is 12.9. The van der Waals surface area contributed by atoms with Gasteiger partial charge in [0.25, 0.3) is 0 Å². The van der Waals surface area contributed by atoms with Crippen molar-refractivity contribution in [3.63, 3.8) is 0 Å². The molecule has 6 nitrogen and oxygen atoms in total. The third-order valence-electron chi connectivity index (χ3n) is 3.79. The number of aliphatic carboxylic acids is 1. The van der Waals surface area contributed by atoms with Crippen molar-refractivity contribution in [1.82, 2.24) is 14.7 Å². The molecule has 1 aliphatic heterocycles. The van der Waals surface area contributed by atoms with E-state index in [4.69, 9.17) is 9.84 Å². The summed E-state index contributed by atoms with van der Waals surface area (Å²) in [7, 11) is 0. The Kier molecular flexibility index (Phi) is 5.76. The van der Waals surface area contributed by atoms with Gasteiger partial charge in [0, 0.05) is 37.4 Å². The van der Waals surface area contributed by atoms with Gasteiger partial charge in [-0.15, -0.1) is 0 Å². The smallest absolute Gasteiger partial charge is 0.305 e. The molecular weight excluding hydrogens is 270 g/mol. The van der Waals surface area contributed by atoms with Crippen molar-refractivity contribution in [1.29, 1.82) is 0 Å². The Morgan fingerprint density at radius 3 is 2.76 bits per heavy atom. The number of nitrogens with zero attached hydrogens (tertiary/aromatic N) is 3. The van der Waals surface area contributed by atoms with Crippen LogP contribution in [0.1, 0.15) is 44.7 Å². The van der Waals surface area contributed by atoms with Crippen LogP contribution in [-0.2, 0) is 16.1 Å². The number of aromatic nitrogens is 2. The third kappa shape index (κ3) is 5.13. The van der Waals surface area contributed by atoms with Gasteiger partial charge in [0.05, 0.1) is 25.3 Å². The summed E-state index contributed by atoms with van der Waals surface area (Å²) in [6.07, 6.45) is 6.29. The average molecular weight is 295 g/mol. The van der Waals surface area contributed by atoms with Crippen LogP contribution in [0.4, 0.5) is 0 Å². The SMILES string of the molecule is CC(C)n1cc(CN2CCC(OCCC(=O)O)CC2)cn1. The average Bonchev–Trinajstić information content (AvgIpc) is 2.89. The zero-order valence-corrected chi connectivity index (χ0v) is 12.9. The number of likely N-dealkylation sites (tertiary alicyclic amines) is 1. The molecule has 1 aliphatic rings. The minimum absolute atomic E-state index is 0.0919. The first kappa shape index (κ1) is 16.0. The molecule has 1 aromatic heterocycles. The van der Waals surface area contributed by atoms with Crippen molar-refractivity contribution in [2.45, 2.75) is 51.8 Å². The summed E-state index contributed by atoms with van der Waals surface area (Å²) in [5.41, 5.74) is 1.24. The molecule has 0 saturated carbocycles. The summed E-state index contributed by atoms with van der Waals surface area (Å²) in [6.45, 7) is 7.47. The van der Waals surface area contributed by atoms with Crippen molar-refractivity contribution < 1.29 is 14.6 Å². The number of carboxylic acid groups (broad SMARTS) is 1. The van der Waals surface area contributed by atoms with E-state index in [1.807, 2.05) is 10.9 Å². The van der Waals surface area contributed by atoms with Crippen LogP contribution in [0.25, 0.3) is 0 Å². The van der Waals surface area contributed by atoms with Crippen LogP contribution in [0.2, 0.25) is 0 Å². The van der Waals surface area contributed by atoms with Crippen molar-refractivity contribution in [3.05, 3.63) is 18.0 Å². The third-order valence-corrected chi connectivity index (χ3v) is 3.79.